The van der Waals surface area contributed by atoms with Crippen molar-refractivity contribution >= 4 is 5.91 Å². The zero-order chi connectivity index (χ0) is 12.5. The predicted molar refractivity (Wildman–Crippen MR) is 64.7 cm³/mol. The standard InChI is InChI=1S/C12H18N2O3/c1-17-7-6-13-9-12(16)14-8-10-2-4-11(15)5-3-10/h2-5,13,15H,6-9H2,1H3,(H,14,16). The van der Waals surface area contributed by atoms with E-state index in [0.29, 0.717) is 19.7 Å². The lowest BCUT2D eigenvalue weighted by Crippen LogP contribution is -2.34. The molecule has 0 bridgehead atoms. The lowest BCUT2D eigenvalue weighted by atomic mass is 10.2. The monoisotopic (exact) mass is 238 g/mol. The van der Waals surface area contributed by atoms with Crippen molar-refractivity contribution in [2.24, 2.45) is 0 Å². The van der Waals surface area contributed by atoms with Crippen LogP contribution in [0.1, 0.15) is 5.56 Å². The van der Waals surface area contributed by atoms with Crippen LogP contribution in [0.5, 0.6) is 5.75 Å². The van der Waals surface area contributed by atoms with E-state index in [9.17, 15) is 4.79 Å². The van der Waals surface area contributed by atoms with E-state index in [2.05, 4.69) is 10.6 Å². The van der Waals surface area contributed by atoms with Crippen LogP contribution in [0, 0.1) is 0 Å². The highest BCUT2D eigenvalue weighted by Crippen LogP contribution is 2.08. The van der Waals surface area contributed by atoms with E-state index < -0.39 is 0 Å². The first-order valence-electron chi connectivity index (χ1n) is 5.46. The van der Waals surface area contributed by atoms with Crippen LogP contribution in [-0.2, 0) is 16.1 Å². The number of methoxy groups -OCH3 is 1. The van der Waals surface area contributed by atoms with E-state index in [0.717, 1.165) is 5.56 Å². The Kier molecular flexibility index (Phi) is 6.06. The summed E-state index contributed by atoms with van der Waals surface area (Å²) >= 11 is 0. The minimum Gasteiger partial charge on any atom is -0.508 e. The van der Waals surface area contributed by atoms with Gasteiger partial charge in [-0.1, -0.05) is 12.1 Å². The molecule has 3 N–H and O–H groups in total. The highest BCUT2D eigenvalue weighted by molar-refractivity contribution is 5.77. The summed E-state index contributed by atoms with van der Waals surface area (Å²) in [5.74, 6) is 0.162. The second kappa shape index (κ2) is 7.65. The Morgan fingerprint density at radius 2 is 2.06 bits per heavy atom. The van der Waals surface area contributed by atoms with Crippen LogP contribution in [0.3, 0.4) is 0 Å². The summed E-state index contributed by atoms with van der Waals surface area (Å²) in [4.78, 5) is 11.4. The second-order valence-corrected chi connectivity index (χ2v) is 3.61. The Hall–Kier alpha value is -1.59. The molecule has 5 nitrogen and oxygen atoms in total. The van der Waals surface area contributed by atoms with E-state index in [1.165, 1.54) is 0 Å². The first kappa shape index (κ1) is 13.5. The molecule has 1 aromatic carbocycles. The molecular weight excluding hydrogens is 220 g/mol. The number of aromatic hydroxyl groups is 1. The molecule has 5 heteroatoms. The van der Waals surface area contributed by atoms with Crippen LogP contribution < -0.4 is 10.6 Å². The van der Waals surface area contributed by atoms with Crippen molar-refractivity contribution in [3.8, 4) is 5.75 Å². The first-order valence-corrected chi connectivity index (χ1v) is 5.46. The minimum atomic E-state index is -0.0609. The fraction of sp³-hybridized carbons (Fsp3) is 0.417. The summed E-state index contributed by atoms with van der Waals surface area (Å²) in [6, 6.07) is 6.73. The number of hydrogen-bond donors (Lipinski definition) is 3. The average Bonchev–Trinajstić information content (AvgIpc) is 2.34. The van der Waals surface area contributed by atoms with E-state index in [1.54, 1.807) is 31.4 Å². The molecule has 17 heavy (non-hydrogen) atoms. The maximum atomic E-state index is 11.4. The van der Waals surface area contributed by atoms with Gasteiger partial charge in [-0.25, -0.2) is 0 Å². The van der Waals surface area contributed by atoms with Crippen molar-refractivity contribution in [2.45, 2.75) is 6.54 Å². The molecule has 0 radical (unpaired) electrons. The van der Waals surface area contributed by atoms with Crippen molar-refractivity contribution in [1.29, 1.82) is 0 Å². The van der Waals surface area contributed by atoms with Crippen LogP contribution in [0.2, 0.25) is 0 Å². The highest BCUT2D eigenvalue weighted by atomic mass is 16.5. The summed E-state index contributed by atoms with van der Waals surface area (Å²) in [6.07, 6.45) is 0. The zero-order valence-corrected chi connectivity index (χ0v) is 9.90. The van der Waals surface area contributed by atoms with Crippen molar-refractivity contribution in [2.75, 3.05) is 26.8 Å². The topological polar surface area (TPSA) is 70.6 Å². The largest absolute Gasteiger partial charge is 0.508 e. The molecule has 94 valence electrons. The third-order valence-corrected chi connectivity index (χ3v) is 2.19. The van der Waals surface area contributed by atoms with E-state index in [4.69, 9.17) is 9.84 Å². The van der Waals surface area contributed by atoms with Crippen molar-refractivity contribution in [1.82, 2.24) is 10.6 Å². The Morgan fingerprint density at radius 3 is 2.71 bits per heavy atom. The molecule has 0 heterocycles. The van der Waals surface area contributed by atoms with Gasteiger partial charge in [0.25, 0.3) is 0 Å². The number of phenolic OH excluding ortho intramolecular Hbond substituents is 1. The number of nitrogens with one attached hydrogen (secondary N) is 2. The summed E-state index contributed by atoms with van der Waals surface area (Å²) in [5.41, 5.74) is 0.952. The number of rotatable bonds is 7. The van der Waals surface area contributed by atoms with Gasteiger partial charge in [-0.05, 0) is 17.7 Å². The lowest BCUT2D eigenvalue weighted by molar-refractivity contribution is -0.120. The Morgan fingerprint density at radius 1 is 1.35 bits per heavy atom. The van der Waals surface area contributed by atoms with Crippen LogP contribution in [0.4, 0.5) is 0 Å². The zero-order valence-electron chi connectivity index (χ0n) is 9.90. The van der Waals surface area contributed by atoms with Crippen LogP contribution >= 0.6 is 0 Å². The molecule has 0 fully saturated rings. The molecule has 0 aliphatic carbocycles. The minimum absolute atomic E-state index is 0.0609. The fourth-order valence-electron chi connectivity index (χ4n) is 1.25. The Balaban J connectivity index is 2.17. The number of hydrogen-bond acceptors (Lipinski definition) is 4. The lowest BCUT2D eigenvalue weighted by Gasteiger charge is -2.06. The average molecular weight is 238 g/mol. The quantitative estimate of drug-likeness (QED) is 0.595. The maximum Gasteiger partial charge on any atom is 0.234 e. The number of carbonyl (C=O) groups is 1. The number of amides is 1. The van der Waals surface area contributed by atoms with E-state index in [1.807, 2.05) is 0 Å². The normalized spacial score (nSPS) is 10.2. The molecule has 1 rings (SSSR count). The third-order valence-electron chi connectivity index (χ3n) is 2.19. The van der Waals surface area contributed by atoms with Gasteiger partial charge in [-0.3, -0.25) is 4.79 Å². The molecule has 0 aromatic heterocycles. The third kappa shape index (κ3) is 5.89. The molecule has 0 aliphatic rings. The molecule has 0 saturated carbocycles. The number of benzene rings is 1. The second-order valence-electron chi connectivity index (χ2n) is 3.61. The van der Waals surface area contributed by atoms with Gasteiger partial charge in [0, 0.05) is 20.2 Å². The summed E-state index contributed by atoms with van der Waals surface area (Å²) in [6.45, 7) is 1.99. The molecule has 0 spiro atoms. The first-order chi connectivity index (χ1) is 8.22. The summed E-state index contributed by atoms with van der Waals surface area (Å²) in [7, 11) is 1.62. The molecule has 0 saturated heterocycles. The van der Waals surface area contributed by atoms with E-state index in [-0.39, 0.29) is 18.2 Å². The summed E-state index contributed by atoms with van der Waals surface area (Å²) in [5, 5.41) is 14.8. The van der Waals surface area contributed by atoms with Gasteiger partial charge < -0.3 is 20.5 Å². The van der Waals surface area contributed by atoms with Gasteiger partial charge >= 0.3 is 0 Å². The van der Waals surface area contributed by atoms with Crippen LogP contribution in [0.25, 0.3) is 0 Å². The number of phenols is 1. The smallest absolute Gasteiger partial charge is 0.234 e. The predicted octanol–water partition coefficient (Wildman–Crippen LogP) is 0.244. The maximum absolute atomic E-state index is 11.4. The summed E-state index contributed by atoms with van der Waals surface area (Å²) < 4.78 is 4.85. The number of carbonyl (C=O) groups excluding carboxylic acids is 1. The SMILES string of the molecule is COCCNCC(=O)NCc1ccc(O)cc1. The number of ether oxygens (including phenoxy) is 1. The molecule has 1 aromatic rings. The van der Waals surface area contributed by atoms with Crippen molar-refractivity contribution < 1.29 is 14.6 Å². The van der Waals surface area contributed by atoms with Crippen molar-refractivity contribution in [3.05, 3.63) is 29.8 Å². The van der Waals surface area contributed by atoms with Gasteiger partial charge in [0.2, 0.25) is 5.91 Å². The molecule has 0 atom stereocenters. The van der Waals surface area contributed by atoms with Gasteiger partial charge in [0.15, 0.2) is 0 Å². The Bertz CT molecular complexity index is 338. The van der Waals surface area contributed by atoms with Gasteiger partial charge in [-0.2, -0.15) is 0 Å². The van der Waals surface area contributed by atoms with Crippen LogP contribution in [0.15, 0.2) is 24.3 Å². The fourth-order valence-corrected chi connectivity index (χ4v) is 1.25. The highest BCUT2D eigenvalue weighted by Gasteiger charge is 2.00. The molecule has 0 aliphatic heterocycles. The van der Waals surface area contributed by atoms with E-state index >= 15 is 0 Å². The Labute approximate surface area is 101 Å². The van der Waals surface area contributed by atoms with Crippen LogP contribution in [-0.4, -0.2) is 37.8 Å². The van der Waals surface area contributed by atoms with Gasteiger partial charge in [0.1, 0.15) is 5.75 Å². The van der Waals surface area contributed by atoms with Gasteiger partial charge in [0.05, 0.1) is 13.2 Å². The van der Waals surface area contributed by atoms with Crippen molar-refractivity contribution in [3.63, 3.8) is 0 Å². The molecule has 1 amide bonds. The molecule has 0 unspecified atom stereocenters. The van der Waals surface area contributed by atoms with Gasteiger partial charge in [-0.15, -0.1) is 0 Å². The molecular formula is C12H18N2O3.